The molecule has 6 rings (SSSR count). The van der Waals surface area contributed by atoms with E-state index >= 15 is 0 Å². The van der Waals surface area contributed by atoms with E-state index in [1.807, 2.05) is 0 Å². The minimum atomic E-state index is -3.88. The van der Waals surface area contributed by atoms with Gasteiger partial charge in [-0.15, -0.1) is 0 Å². The van der Waals surface area contributed by atoms with Crippen LogP contribution in [0.1, 0.15) is 38.2 Å². The first kappa shape index (κ1) is 14.1. The summed E-state index contributed by atoms with van der Waals surface area (Å²) >= 11 is 0. The Balaban J connectivity index is 1.48. The molecule has 0 bridgehead atoms. The second kappa shape index (κ2) is 9.63. The molecule has 0 unspecified atom stereocenters. The number of benzene rings is 1. The number of fused-ring (bicyclic) bond motifs is 1. The number of ether oxygens (including phenoxy) is 1. The molecule has 14 nitrogen and oxygen atoms in total. The zero-order valence-corrected chi connectivity index (χ0v) is 20.4. The molecule has 4 aromatic heterocycles. The minimum Gasteiger partial charge on any atom is -0.494 e. The van der Waals surface area contributed by atoms with Crippen molar-refractivity contribution in [2.24, 2.45) is 0 Å². The molecule has 5 aromatic rings. The number of piperazine rings is 1. The maximum atomic E-state index is 14.0. The van der Waals surface area contributed by atoms with E-state index in [0.29, 0.717) is 10.5 Å². The van der Waals surface area contributed by atoms with Crippen molar-refractivity contribution in [3.63, 3.8) is 0 Å². The highest BCUT2D eigenvalue weighted by atomic mass is 16.5. The molecule has 1 aliphatic rings. The summed E-state index contributed by atoms with van der Waals surface area (Å²) in [6.07, 6.45) is 3.57. The first-order chi connectivity index (χ1) is 23.6. The Morgan fingerprint density at radius 2 is 1.87 bits per heavy atom. The number of rotatable bonds is 6. The van der Waals surface area contributed by atoms with Crippen molar-refractivity contribution in [3.05, 3.63) is 59.8 Å². The second-order valence-corrected chi connectivity index (χ2v) is 7.96. The number of pyridine rings is 1. The Morgan fingerprint density at radius 3 is 2.56 bits per heavy atom. The van der Waals surface area contributed by atoms with Gasteiger partial charge in [-0.05, 0) is 36.4 Å². The Kier molecular flexibility index (Phi) is 3.49. The number of anilines is 1. The number of Topliss-reactive ketones (excluding diaryl/α,β-unsaturated/α-hetero) is 1. The number of nitrogens with zero attached hydrogens (tertiary/aromatic N) is 10. The van der Waals surface area contributed by atoms with Gasteiger partial charge >= 0.3 is 0 Å². The summed E-state index contributed by atoms with van der Waals surface area (Å²) < 4.78 is 110. The second-order valence-electron chi connectivity index (χ2n) is 7.96. The highest BCUT2D eigenvalue weighted by Crippen LogP contribution is 2.32. The highest BCUT2D eigenvalue weighted by Gasteiger charge is 2.31. The average Bonchev–Trinajstić information content (AvgIpc) is 3.82. The van der Waals surface area contributed by atoms with Crippen molar-refractivity contribution in [2.45, 2.75) is 13.8 Å². The number of hydrogen-bond acceptors (Lipinski definition) is 10. The van der Waals surface area contributed by atoms with Crippen molar-refractivity contribution in [3.8, 4) is 17.3 Å². The fraction of sp³-hybridized carbons (Fsp3) is 0.280. The van der Waals surface area contributed by atoms with Gasteiger partial charge in [0.2, 0.25) is 5.95 Å². The molecular formula is C25H25N11O3. The van der Waals surface area contributed by atoms with E-state index in [1.54, 1.807) is 6.92 Å². The summed E-state index contributed by atoms with van der Waals surface area (Å²) in [5, 5.41) is 14.6. The van der Waals surface area contributed by atoms with E-state index in [1.165, 1.54) is 31.2 Å². The van der Waals surface area contributed by atoms with E-state index in [4.69, 9.17) is 21.2 Å². The number of nitrogens with one attached hydrogen (secondary N) is 1. The predicted molar refractivity (Wildman–Crippen MR) is 139 cm³/mol. The Labute approximate surface area is 239 Å². The molecule has 1 saturated heterocycles. The molecule has 1 N–H and O–H groups in total. The van der Waals surface area contributed by atoms with Crippen LogP contribution in [0.2, 0.25) is 0 Å². The van der Waals surface area contributed by atoms with Crippen LogP contribution < -0.4 is 9.64 Å². The number of tetrazole rings is 1. The molecule has 1 aromatic carbocycles. The third kappa shape index (κ3) is 4.24. The van der Waals surface area contributed by atoms with E-state index < -0.39 is 83.9 Å². The maximum Gasteiger partial charge on any atom is 0.295 e. The fourth-order valence-corrected chi connectivity index (χ4v) is 3.67. The zero-order valence-electron chi connectivity index (χ0n) is 32.4. The van der Waals surface area contributed by atoms with Gasteiger partial charge in [0.1, 0.15) is 17.9 Å². The Bertz CT molecular complexity index is 2210. The van der Waals surface area contributed by atoms with E-state index in [-0.39, 0.29) is 32.9 Å². The van der Waals surface area contributed by atoms with Crippen LogP contribution in [-0.4, -0.2) is 94.6 Å². The number of methoxy groups -OCH3 is 1. The molecule has 39 heavy (non-hydrogen) atoms. The number of aryl methyl sites for hydroxylation is 1. The van der Waals surface area contributed by atoms with Crippen LogP contribution in [0.5, 0.6) is 5.75 Å². The summed E-state index contributed by atoms with van der Waals surface area (Å²) in [5.74, 6) is -4.19. The van der Waals surface area contributed by atoms with Crippen molar-refractivity contribution in [2.75, 3.05) is 38.0 Å². The molecule has 1 amide bonds. The monoisotopic (exact) mass is 539 g/mol. The number of carbonyl (C=O) groups is 2. The number of aromatic amines is 1. The van der Waals surface area contributed by atoms with Gasteiger partial charge in [-0.25, -0.2) is 14.6 Å². The average molecular weight is 540 g/mol. The van der Waals surface area contributed by atoms with Gasteiger partial charge in [0.15, 0.2) is 5.82 Å². The summed E-state index contributed by atoms with van der Waals surface area (Å²) in [6.45, 7) is -12.4. The number of hydrogen-bond donors (Lipinski definition) is 1. The van der Waals surface area contributed by atoms with Crippen molar-refractivity contribution < 1.29 is 30.8 Å². The third-order valence-electron chi connectivity index (χ3n) is 5.49. The van der Waals surface area contributed by atoms with Crippen molar-refractivity contribution in [1.82, 2.24) is 49.8 Å². The number of ketones is 1. The largest absolute Gasteiger partial charge is 0.494 e. The Morgan fingerprint density at radius 1 is 1.10 bits per heavy atom. The lowest BCUT2D eigenvalue weighted by Gasteiger charge is -2.34. The number of H-pyrrole nitrogens is 1. The molecule has 0 radical (unpaired) electrons. The molecule has 5 heterocycles. The van der Waals surface area contributed by atoms with Crippen LogP contribution in [0, 0.1) is 13.8 Å². The van der Waals surface area contributed by atoms with Gasteiger partial charge in [-0.3, -0.25) is 9.59 Å². The van der Waals surface area contributed by atoms with Gasteiger partial charge in [-0.1, -0.05) is 22.7 Å². The van der Waals surface area contributed by atoms with E-state index in [9.17, 15) is 9.59 Å². The topological polar surface area (TPSA) is 153 Å². The zero-order chi connectivity index (χ0) is 37.7. The van der Waals surface area contributed by atoms with Gasteiger partial charge in [0, 0.05) is 32.2 Å². The van der Waals surface area contributed by atoms with Crippen LogP contribution in [0.3, 0.4) is 0 Å². The van der Waals surface area contributed by atoms with Crippen LogP contribution in [-0.2, 0) is 4.79 Å². The van der Waals surface area contributed by atoms with Crippen LogP contribution in [0.4, 0.5) is 5.95 Å². The smallest absolute Gasteiger partial charge is 0.295 e. The van der Waals surface area contributed by atoms with E-state index in [0.717, 1.165) is 6.20 Å². The summed E-state index contributed by atoms with van der Waals surface area (Å²) in [6, 6.07) is -2.52. The van der Waals surface area contributed by atoms with Crippen molar-refractivity contribution >= 4 is 28.5 Å². The fourth-order valence-electron chi connectivity index (χ4n) is 3.67. The molecule has 0 spiro atoms. The summed E-state index contributed by atoms with van der Waals surface area (Å²) in [7, 11) is 1.24. The molecule has 14 heteroatoms. The first-order valence-electron chi connectivity index (χ1n) is 17.1. The Hall–Kier alpha value is -5.14. The van der Waals surface area contributed by atoms with Gasteiger partial charge in [0.05, 0.1) is 51.9 Å². The lowest BCUT2D eigenvalue weighted by molar-refractivity contribution is -0.126. The predicted octanol–water partition coefficient (Wildman–Crippen LogP) is 1.28. The molecule has 0 saturated carbocycles. The normalized spacial score (nSPS) is 23.4. The highest BCUT2D eigenvalue weighted by molar-refractivity contribution is 6.45. The summed E-state index contributed by atoms with van der Waals surface area (Å²) in [5.41, 5.74) is -1.12. The quantitative estimate of drug-likeness (QED) is 0.247. The van der Waals surface area contributed by atoms with Gasteiger partial charge in [-0.2, -0.15) is 9.78 Å². The number of carbonyl (C=O) groups excluding carboxylic acids is 2. The minimum absolute atomic E-state index is 0.0402. The third-order valence-corrected chi connectivity index (χ3v) is 5.49. The number of amides is 1. The van der Waals surface area contributed by atoms with Crippen LogP contribution in [0.15, 0.2) is 42.9 Å². The molecule has 198 valence electrons. The molecule has 1 aliphatic heterocycles. The van der Waals surface area contributed by atoms with Gasteiger partial charge < -0.3 is 19.5 Å². The standard InChI is InChI=1S/C25H25N11O3/c1-15-4-6-17(7-5-15)36-25(29-31-32-36)34-10-8-33(9-11-34)24(38)22(37)18-12-26-21-20(18)19(39-3)13-27-23(21)35-14-28-16(2)30-35/h4-7,12-14,26H,8-11H2,1-3H3/i4D,5D,6D,7D,8D2,9D2,10D2,11D2. The van der Waals surface area contributed by atoms with Gasteiger partial charge in [0.25, 0.3) is 11.7 Å². The SMILES string of the molecule is [2H]c1c([2H])c(-n2nnnc2N2C([2H])([2H])C([2H])([2H])N(C(=O)C(=O)c3c[nH]c4c(-n5cnc(C)n5)ncc(OC)c34)C([2H])([2H])C2([2H])[2H])c([2H])c([2H])c1C. The molecule has 0 atom stereocenters. The van der Waals surface area contributed by atoms with Crippen LogP contribution >= 0.6 is 0 Å². The molecular weight excluding hydrogens is 502 g/mol. The van der Waals surface area contributed by atoms with E-state index in [2.05, 4.69) is 35.6 Å². The summed E-state index contributed by atoms with van der Waals surface area (Å²) in [4.78, 5) is 38.4. The lowest BCUT2D eigenvalue weighted by atomic mass is 10.1. The lowest BCUT2D eigenvalue weighted by Crippen LogP contribution is -2.51. The maximum absolute atomic E-state index is 14.0. The first-order valence-corrected chi connectivity index (χ1v) is 11.1. The molecule has 1 fully saturated rings. The molecule has 0 aliphatic carbocycles. The van der Waals surface area contributed by atoms with Crippen molar-refractivity contribution in [1.29, 1.82) is 0 Å². The van der Waals surface area contributed by atoms with Crippen LogP contribution in [0.25, 0.3) is 22.4 Å². The number of aromatic nitrogens is 9.